The van der Waals surface area contributed by atoms with Gasteiger partial charge in [0.2, 0.25) is 0 Å². The number of esters is 1. The van der Waals surface area contributed by atoms with Gasteiger partial charge < -0.3 is 9.15 Å². The smallest absolute Gasteiger partial charge is 0.336 e. The van der Waals surface area contributed by atoms with Crippen molar-refractivity contribution in [1.82, 2.24) is 0 Å². The number of benzene rings is 3. The number of carbonyl (C=O) groups excluding carboxylic acids is 1. The molecule has 1 aromatic heterocycles. The van der Waals surface area contributed by atoms with E-state index in [4.69, 9.17) is 9.15 Å². The summed E-state index contributed by atoms with van der Waals surface area (Å²) >= 11 is 0. The number of hydrogen-bond donors (Lipinski definition) is 0. The van der Waals surface area contributed by atoms with Crippen LogP contribution in [-0.2, 0) is 4.79 Å². The third-order valence-electron chi connectivity index (χ3n) is 4.54. The molecule has 0 unspecified atom stereocenters. The Morgan fingerprint density at radius 1 is 0.966 bits per heavy atom. The normalized spacial score (nSPS) is 11.1. The van der Waals surface area contributed by atoms with Crippen molar-refractivity contribution in [3.8, 4) is 16.9 Å². The summed E-state index contributed by atoms with van der Waals surface area (Å²) in [6.07, 6.45) is 4.49. The molecule has 142 valence electrons. The van der Waals surface area contributed by atoms with Crippen LogP contribution >= 0.6 is 0 Å². The van der Waals surface area contributed by atoms with Gasteiger partial charge in [0.05, 0.1) is 10.9 Å². The fourth-order valence-corrected chi connectivity index (χ4v) is 2.98. The zero-order valence-corrected chi connectivity index (χ0v) is 15.8. The SMILES string of the molecule is Cc1ccc(/C=C/C(=O)Oc2ccc3c(=O)c(-c4ccccc4)coc3c2)cc1. The molecule has 0 aliphatic heterocycles. The lowest BCUT2D eigenvalue weighted by molar-refractivity contribution is -0.128. The lowest BCUT2D eigenvalue weighted by atomic mass is 10.1. The maximum Gasteiger partial charge on any atom is 0.336 e. The molecule has 4 heteroatoms. The standard InChI is InChI=1S/C25H18O4/c1-17-7-9-18(10-8-17)11-14-24(26)29-20-12-13-21-23(15-20)28-16-22(25(21)27)19-5-3-2-4-6-19/h2-16H,1H3/b14-11+. The van der Waals surface area contributed by atoms with E-state index in [1.807, 2.05) is 61.5 Å². The number of ether oxygens (including phenoxy) is 1. The Balaban J connectivity index is 1.55. The van der Waals surface area contributed by atoms with Crippen LogP contribution in [0.4, 0.5) is 0 Å². The van der Waals surface area contributed by atoms with Crippen LogP contribution in [0.15, 0.2) is 94.3 Å². The zero-order chi connectivity index (χ0) is 20.2. The van der Waals surface area contributed by atoms with Crippen LogP contribution < -0.4 is 10.2 Å². The summed E-state index contributed by atoms with van der Waals surface area (Å²) in [5.41, 5.74) is 3.57. The Kier molecular flexibility index (Phi) is 5.08. The van der Waals surface area contributed by atoms with Gasteiger partial charge in [-0.25, -0.2) is 4.79 Å². The van der Waals surface area contributed by atoms with Crippen molar-refractivity contribution >= 4 is 23.0 Å². The van der Waals surface area contributed by atoms with Gasteiger partial charge in [-0.05, 0) is 36.3 Å². The maximum absolute atomic E-state index is 12.8. The molecule has 0 aliphatic carbocycles. The summed E-state index contributed by atoms with van der Waals surface area (Å²) in [6.45, 7) is 2.00. The minimum Gasteiger partial charge on any atom is -0.463 e. The summed E-state index contributed by atoms with van der Waals surface area (Å²) in [4.78, 5) is 24.9. The first-order chi connectivity index (χ1) is 14.1. The molecular formula is C25H18O4. The Morgan fingerprint density at radius 2 is 1.72 bits per heavy atom. The van der Waals surface area contributed by atoms with E-state index in [1.165, 1.54) is 12.3 Å². The quantitative estimate of drug-likeness (QED) is 0.270. The highest BCUT2D eigenvalue weighted by Crippen LogP contribution is 2.23. The number of fused-ring (bicyclic) bond motifs is 1. The molecule has 29 heavy (non-hydrogen) atoms. The molecule has 0 spiro atoms. The summed E-state index contributed by atoms with van der Waals surface area (Å²) < 4.78 is 11.0. The van der Waals surface area contributed by atoms with Gasteiger partial charge in [-0.1, -0.05) is 60.2 Å². The molecule has 0 atom stereocenters. The van der Waals surface area contributed by atoms with E-state index in [-0.39, 0.29) is 5.43 Å². The molecule has 0 saturated carbocycles. The number of hydrogen-bond acceptors (Lipinski definition) is 4. The Morgan fingerprint density at radius 3 is 2.48 bits per heavy atom. The molecule has 0 bridgehead atoms. The van der Waals surface area contributed by atoms with E-state index in [9.17, 15) is 9.59 Å². The lowest BCUT2D eigenvalue weighted by Gasteiger charge is -2.05. The second kappa shape index (κ2) is 7.98. The van der Waals surface area contributed by atoms with E-state index in [0.29, 0.717) is 22.3 Å². The molecule has 0 aliphatic rings. The van der Waals surface area contributed by atoms with Crippen LogP contribution in [0.3, 0.4) is 0 Å². The summed E-state index contributed by atoms with van der Waals surface area (Å²) in [5, 5.41) is 0.432. The summed E-state index contributed by atoms with van der Waals surface area (Å²) in [7, 11) is 0. The monoisotopic (exact) mass is 382 g/mol. The molecule has 4 nitrogen and oxygen atoms in total. The van der Waals surface area contributed by atoms with Gasteiger partial charge in [0.1, 0.15) is 17.6 Å². The van der Waals surface area contributed by atoms with E-state index in [0.717, 1.165) is 16.7 Å². The third-order valence-corrected chi connectivity index (χ3v) is 4.54. The molecule has 1 heterocycles. The molecule has 3 aromatic carbocycles. The molecule has 4 rings (SSSR count). The van der Waals surface area contributed by atoms with Crippen molar-refractivity contribution in [2.45, 2.75) is 6.92 Å². The predicted octanol–water partition coefficient (Wildman–Crippen LogP) is 5.39. The molecule has 0 N–H and O–H groups in total. The largest absolute Gasteiger partial charge is 0.463 e. The van der Waals surface area contributed by atoms with Gasteiger partial charge in [0.15, 0.2) is 5.43 Å². The third kappa shape index (κ3) is 4.17. The zero-order valence-electron chi connectivity index (χ0n) is 15.8. The van der Waals surface area contributed by atoms with Crippen molar-refractivity contribution in [3.63, 3.8) is 0 Å². The lowest BCUT2D eigenvalue weighted by Crippen LogP contribution is -2.06. The molecule has 0 amide bonds. The molecule has 0 saturated heterocycles. The van der Waals surface area contributed by atoms with Crippen molar-refractivity contribution in [2.75, 3.05) is 0 Å². The Labute approximate surface area is 167 Å². The molecular weight excluding hydrogens is 364 g/mol. The van der Waals surface area contributed by atoms with Crippen LogP contribution in [0.5, 0.6) is 5.75 Å². The van der Waals surface area contributed by atoms with Gasteiger partial charge in [0, 0.05) is 12.1 Å². The Bertz CT molecular complexity index is 1250. The fraction of sp³-hybridized carbons (Fsp3) is 0.0400. The average molecular weight is 382 g/mol. The highest BCUT2D eigenvalue weighted by molar-refractivity contribution is 5.89. The molecule has 0 fully saturated rings. The summed E-state index contributed by atoms with van der Waals surface area (Å²) in [6, 6.07) is 21.9. The van der Waals surface area contributed by atoms with Gasteiger partial charge in [-0.2, -0.15) is 0 Å². The van der Waals surface area contributed by atoms with Gasteiger partial charge in [-0.3, -0.25) is 4.79 Å². The van der Waals surface area contributed by atoms with Crippen LogP contribution in [0.25, 0.3) is 28.2 Å². The van der Waals surface area contributed by atoms with Crippen LogP contribution in [0.2, 0.25) is 0 Å². The predicted molar refractivity (Wildman–Crippen MR) is 114 cm³/mol. The highest BCUT2D eigenvalue weighted by Gasteiger charge is 2.10. The second-order valence-corrected chi connectivity index (χ2v) is 6.67. The fourth-order valence-electron chi connectivity index (χ4n) is 2.98. The first-order valence-corrected chi connectivity index (χ1v) is 9.18. The van der Waals surface area contributed by atoms with Gasteiger partial charge >= 0.3 is 5.97 Å². The van der Waals surface area contributed by atoms with Crippen molar-refractivity contribution in [2.24, 2.45) is 0 Å². The van der Waals surface area contributed by atoms with Crippen molar-refractivity contribution in [1.29, 1.82) is 0 Å². The van der Waals surface area contributed by atoms with Crippen molar-refractivity contribution < 1.29 is 13.9 Å². The second-order valence-electron chi connectivity index (χ2n) is 6.67. The molecule has 4 aromatic rings. The summed E-state index contributed by atoms with van der Waals surface area (Å²) in [5.74, 6) is -0.195. The first-order valence-electron chi connectivity index (χ1n) is 9.18. The molecule has 0 radical (unpaired) electrons. The van der Waals surface area contributed by atoms with Gasteiger partial charge in [0.25, 0.3) is 0 Å². The van der Waals surface area contributed by atoms with E-state index >= 15 is 0 Å². The average Bonchev–Trinajstić information content (AvgIpc) is 2.74. The minimum atomic E-state index is -0.506. The number of carbonyl (C=O) groups is 1. The highest BCUT2D eigenvalue weighted by atomic mass is 16.5. The van der Waals surface area contributed by atoms with Crippen LogP contribution in [-0.4, -0.2) is 5.97 Å². The minimum absolute atomic E-state index is 0.130. The first kappa shape index (κ1) is 18.4. The van der Waals surface area contributed by atoms with Crippen molar-refractivity contribution in [3.05, 3.63) is 106 Å². The van der Waals surface area contributed by atoms with Gasteiger partial charge in [-0.15, -0.1) is 0 Å². The van der Waals surface area contributed by atoms with E-state index < -0.39 is 5.97 Å². The van der Waals surface area contributed by atoms with Crippen LogP contribution in [0.1, 0.15) is 11.1 Å². The number of rotatable bonds is 4. The van der Waals surface area contributed by atoms with E-state index in [2.05, 4.69) is 0 Å². The maximum atomic E-state index is 12.8. The van der Waals surface area contributed by atoms with E-state index in [1.54, 1.807) is 24.3 Å². The number of aryl methyl sites for hydroxylation is 1. The topological polar surface area (TPSA) is 56.5 Å². The van der Waals surface area contributed by atoms with Crippen LogP contribution in [0, 0.1) is 6.92 Å². The Hall–Kier alpha value is -3.92.